The molecule has 3 unspecified atom stereocenters. The van der Waals surface area contributed by atoms with Crippen LogP contribution in [-0.2, 0) is 23.8 Å². The minimum Gasteiger partial charge on any atom is -0.475 e. The Hall–Kier alpha value is -1.76. The Labute approximate surface area is 180 Å². The molecule has 2 aliphatic heterocycles. The van der Waals surface area contributed by atoms with Crippen LogP contribution in [0.2, 0.25) is 0 Å². The van der Waals surface area contributed by atoms with Crippen molar-refractivity contribution in [1.82, 2.24) is 5.32 Å². The first-order valence-corrected chi connectivity index (χ1v) is 10.00. The summed E-state index contributed by atoms with van der Waals surface area (Å²) in [6, 6.07) is -0.795. The highest BCUT2D eigenvalue weighted by molar-refractivity contribution is 5.84. The predicted molar refractivity (Wildman–Crippen MR) is 106 cm³/mol. The fourth-order valence-corrected chi connectivity index (χ4v) is 4.08. The van der Waals surface area contributed by atoms with E-state index in [1.807, 2.05) is 0 Å². The average molecular weight is 447 g/mol. The number of aliphatic hydroxyl groups excluding tert-OH is 4. The second-order valence-corrected chi connectivity index (χ2v) is 9.20. The number of carbonyl (C=O) groups is 2. The summed E-state index contributed by atoms with van der Waals surface area (Å²) in [6.07, 6.45) is -4.04. The molecule has 0 aromatic rings. The fraction of sp³-hybridized carbons (Fsp3) is 0.800. The van der Waals surface area contributed by atoms with Gasteiger partial charge in [-0.15, -0.1) is 0 Å². The molecule has 0 spiro atoms. The van der Waals surface area contributed by atoms with Crippen molar-refractivity contribution < 1.29 is 49.3 Å². The summed E-state index contributed by atoms with van der Waals surface area (Å²) < 4.78 is 17.0. The highest BCUT2D eigenvalue weighted by Gasteiger charge is 2.56. The van der Waals surface area contributed by atoms with E-state index in [1.54, 1.807) is 20.8 Å². The molecule has 0 aromatic carbocycles. The number of amides is 1. The first kappa shape index (κ1) is 25.5. The number of carboxylic acid groups (broad SMARTS) is 1. The van der Waals surface area contributed by atoms with Crippen molar-refractivity contribution in [3.05, 3.63) is 11.8 Å². The normalized spacial score (nSPS) is 39.9. The fourth-order valence-electron chi connectivity index (χ4n) is 4.08. The van der Waals surface area contributed by atoms with Crippen LogP contribution in [0, 0.1) is 5.41 Å². The summed E-state index contributed by atoms with van der Waals surface area (Å²) in [5.41, 5.74) is -3.72. The van der Waals surface area contributed by atoms with Crippen LogP contribution >= 0.6 is 0 Å². The number of aliphatic carboxylic acids is 1. The third-order valence-electron chi connectivity index (χ3n) is 6.07. The summed E-state index contributed by atoms with van der Waals surface area (Å²) >= 11 is 0. The lowest BCUT2D eigenvalue weighted by Gasteiger charge is -2.54. The third kappa shape index (κ3) is 5.02. The number of hydrogen-bond acceptors (Lipinski definition) is 9. The van der Waals surface area contributed by atoms with Gasteiger partial charge in [0.25, 0.3) is 0 Å². The molecule has 11 heteroatoms. The second kappa shape index (κ2) is 9.00. The Morgan fingerprint density at radius 1 is 1.13 bits per heavy atom. The number of nitrogens with one attached hydrogen (secondary N) is 1. The lowest BCUT2D eigenvalue weighted by atomic mass is 9.70. The maximum atomic E-state index is 11.6. The average Bonchev–Trinajstić information content (AvgIpc) is 2.66. The van der Waals surface area contributed by atoms with Crippen LogP contribution < -0.4 is 5.32 Å². The molecule has 6 N–H and O–H groups in total. The van der Waals surface area contributed by atoms with Crippen molar-refractivity contribution in [2.24, 2.45) is 5.41 Å². The monoisotopic (exact) mass is 447 g/mol. The molecule has 0 bridgehead atoms. The molecule has 1 fully saturated rings. The Kier molecular flexibility index (Phi) is 7.41. The van der Waals surface area contributed by atoms with Crippen LogP contribution in [0.1, 0.15) is 34.6 Å². The van der Waals surface area contributed by atoms with E-state index in [0.29, 0.717) is 0 Å². The highest BCUT2D eigenvalue weighted by Crippen LogP contribution is 2.42. The first-order chi connectivity index (χ1) is 14.2. The van der Waals surface area contributed by atoms with E-state index in [2.05, 4.69) is 5.32 Å². The molecule has 2 rings (SSSR count). The SMILES string of the molecule is CC(=O)NC1[C@@H](O)[C@](C)(COC[C@@]2(C)OC(C(=O)O)=C[C@H](O)C2O)C(CO)OC1(C)C. The molecule has 0 radical (unpaired) electrons. The van der Waals surface area contributed by atoms with E-state index in [-0.39, 0.29) is 19.1 Å². The van der Waals surface area contributed by atoms with Crippen molar-refractivity contribution in [2.75, 3.05) is 19.8 Å². The Bertz CT molecular complexity index is 725. The minimum absolute atomic E-state index is 0.181. The number of hydrogen-bond donors (Lipinski definition) is 6. The standard InChI is InChI=1S/C20H33NO10/c1-10(23)21-14-16(26)19(4,13(7-22)31-18(14,2)3)8-29-9-20(5)15(25)11(24)6-12(30-20)17(27)28/h6,11,13-16,22,24-26H,7-9H2,1-5H3,(H,21,23)(H,27,28)/t11-,13?,14?,15?,16+,19+,20+/m0/s1. The molecule has 7 atom stereocenters. The summed E-state index contributed by atoms with van der Waals surface area (Å²) in [7, 11) is 0. The van der Waals surface area contributed by atoms with Crippen molar-refractivity contribution in [3.8, 4) is 0 Å². The number of carbonyl (C=O) groups excluding carboxylic acids is 1. The van der Waals surface area contributed by atoms with Crippen molar-refractivity contribution in [1.29, 1.82) is 0 Å². The zero-order valence-corrected chi connectivity index (χ0v) is 18.4. The molecular weight excluding hydrogens is 414 g/mol. The number of ether oxygens (including phenoxy) is 3. The van der Waals surface area contributed by atoms with Gasteiger partial charge in [0, 0.05) is 12.3 Å². The van der Waals surface area contributed by atoms with Crippen LogP contribution in [0.25, 0.3) is 0 Å². The maximum absolute atomic E-state index is 11.6. The summed E-state index contributed by atoms with van der Waals surface area (Å²) in [5, 5.41) is 53.1. The van der Waals surface area contributed by atoms with E-state index in [4.69, 9.17) is 19.3 Å². The smallest absolute Gasteiger partial charge is 0.370 e. The molecule has 0 aliphatic carbocycles. The van der Waals surface area contributed by atoms with Gasteiger partial charge < -0.3 is 45.1 Å². The Morgan fingerprint density at radius 2 is 1.74 bits per heavy atom. The molecule has 0 aromatic heterocycles. The van der Waals surface area contributed by atoms with E-state index in [9.17, 15) is 30.0 Å². The summed E-state index contributed by atoms with van der Waals surface area (Å²) in [4.78, 5) is 22.9. The number of aliphatic hydroxyl groups is 4. The summed E-state index contributed by atoms with van der Waals surface area (Å²) in [5.74, 6) is -2.28. The van der Waals surface area contributed by atoms with Crippen LogP contribution in [0.5, 0.6) is 0 Å². The van der Waals surface area contributed by atoms with Gasteiger partial charge in [-0.1, -0.05) is 6.92 Å². The summed E-state index contributed by atoms with van der Waals surface area (Å²) in [6.45, 7) is 6.78. The molecule has 1 saturated heterocycles. The molecule has 1 amide bonds. The van der Waals surface area contributed by atoms with Crippen LogP contribution in [0.15, 0.2) is 11.8 Å². The van der Waals surface area contributed by atoms with Crippen LogP contribution in [-0.4, -0.2) is 98.9 Å². The number of carboxylic acids is 1. The molecule has 178 valence electrons. The maximum Gasteiger partial charge on any atom is 0.370 e. The molecule has 2 heterocycles. The van der Waals surface area contributed by atoms with Gasteiger partial charge in [-0.3, -0.25) is 4.79 Å². The van der Waals surface area contributed by atoms with Gasteiger partial charge in [0.2, 0.25) is 11.7 Å². The van der Waals surface area contributed by atoms with Crippen LogP contribution in [0.3, 0.4) is 0 Å². The molecule has 2 aliphatic rings. The minimum atomic E-state index is -1.58. The second-order valence-electron chi connectivity index (χ2n) is 9.20. The highest BCUT2D eigenvalue weighted by atomic mass is 16.6. The van der Waals surface area contributed by atoms with Crippen molar-refractivity contribution in [2.45, 2.75) is 76.3 Å². The largest absolute Gasteiger partial charge is 0.475 e. The van der Waals surface area contributed by atoms with Gasteiger partial charge in [0.15, 0.2) is 5.60 Å². The Morgan fingerprint density at radius 3 is 2.26 bits per heavy atom. The van der Waals surface area contributed by atoms with Gasteiger partial charge in [-0.2, -0.15) is 0 Å². The van der Waals surface area contributed by atoms with Crippen molar-refractivity contribution >= 4 is 11.9 Å². The Balaban J connectivity index is 2.19. The zero-order valence-electron chi connectivity index (χ0n) is 18.4. The first-order valence-electron chi connectivity index (χ1n) is 10.00. The van der Waals surface area contributed by atoms with E-state index >= 15 is 0 Å². The van der Waals surface area contributed by atoms with E-state index in [1.165, 1.54) is 13.8 Å². The lowest BCUT2D eigenvalue weighted by molar-refractivity contribution is -0.257. The molecular formula is C20H33NO10. The third-order valence-corrected chi connectivity index (χ3v) is 6.07. The molecule has 11 nitrogen and oxygen atoms in total. The van der Waals surface area contributed by atoms with E-state index < -0.39 is 65.4 Å². The van der Waals surface area contributed by atoms with Gasteiger partial charge in [-0.05, 0) is 26.8 Å². The van der Waals surface area contributed by atoms with Gasteiger partial charge >= 0.3 is 5.97 Å². The number of rotatable bonds is 7. The van der Waals surface area contributed by atoms with Crippen molar-refractivity contribution in [3.63, 3.8) is 0 Å². The zero-order chi connectivity index (χ0) is 23.8. The molecule has 0 saturated carbocycles. The van der Waals surface area contributed by atoms with E-state index in [0.717, 1.165) is 6.08 Å². The predicted octanol–water partition coefficient (Wildman–Crippen LogP) is -1.48. The van der Waals surface area contributed by atoms with Gasteiger partial charge in [0.05, 0.1) is 43.7 Å². The molecule has 31 heavy (non-hydrogen) atoms. The topological polar surface area (TPSA) is 175 Å². The van der Waals surface area contributed by atoms with Crippen LogP contribution in [0.4, 0.5) is 0 Å². The van der Waals surface area contributed by atoms with Gasteiger partial charge in [-0.25, -0.2) is 4.79 Å². The van der Waals surface area contributed by atoms with Gasteiger partial charge in [0.1, 0.15) is 12.2 Å². The lowest BCUT2D eigenvalue weighted by Crippen LogP contribution is -2.70. The quantitative estimate of drug-likeness (QED) is 0.270.